The molecule has 0 aliphatic heterocycles. The number of carbonyl (C=O) groups is 1. The van der Waals surface area contributed by atoms with Crippen LogP contribution >= 0.6 is 0 Å². The summed E-state index contributed by atoms with van der Waals surface area (Å²) in [5, 5.41) is 12.5. The Kier molecular flexibility index (Phi) is 5.44. The first-order chi connectivity index (χ1) is 8.84. The Labute approximate surface area is 112 Å². The number of benzene rings is 1. The quantitative estimate of drug-likeness (QED) is 0.827. The minimum Gasteiger partial charge on any atom is -0.388 e. The molecule has 4 nitrogen and oxygen atoms in total. The van der Waals surface area contributed by atoms with E-state index >= 15 is 0 Å². The van der Waals surface area contributed by atoms with Crippen LogP contribution in [0.3, 0.4) is 0 Å². The molecule has 1 aromatic carbocycles. The van der Waals surface area contributed by atoms with Gasteiger partial charge in [-0.1, -0.05) is 12.1 Å². The molecule has 1 atom stereocenters. The highest BCUT2D eigenvalue weighted by Crippen LogP contribution is 2.17. The average molecular weight is 269 g/mol. The predicted molar refractivity (Wildman–Crippen MR) is 70.1 cm³/mol. The van der Waals surface area contributed by atoms with Crippen molar-refractivity contribution in [2.75, 3.05) is 13.7 Å². The van der Waals surface area contributed by atoms with Crippen LogP contribution in [0.25, 0.3) is 0 Å². The molecule has 1 aromatic rings. The van der Waals surface area contributed by atoms with Crippen LogP contribution in [0.2, 0.25) is 0 Å². The molecule has 1 unspecified atom stereocenters. The second-order valence-electron chi connectivity index (χ2n) is 5.02. The van der Waals surface area contributed by atoms with Crippen molar-refractivity contribution in [3.8, 4) is 0 Å². The highest BCUT2D eigenvalue weighted by molar-refractivity contribution is 5.76. The molecule has 1 rings (SSSR count). The van der Waals surface area contributed by atoms with Crippen molar-refractivity contribution in [2.45, 2.75) is 32.0 Å². The molecular weight excluding hydrogens is 249 g/mol. The summed E-state index contributed by atoms with van der Waals surface area (Å²) in [7, 11) is 1.56. The summed E-state index contributed by atoms with van der Waals surface area (Å²) in [6.45, 7) is 4.03. The lowest BCUT2D eigenvalue weighted by Gasteiger charge is -2.23. The zero-order valence-electron chi connectivity index (χ0n) is 11.4. The molecule has 1 amide bonds. The number of aliphatic hydroxyl groups excluding tert-OH is 1. The fourth-order valence-corrected chi connectivity index (χ4v) is 1.46. The van der Waals surface area contributed by atoms with Crippen molar-refractivity contribution >= 4 is 5.91 Å². The standard InChI is InChI=1S/C14H20FNO3/c1-14(2,19-3)9-16-13(18)8-12(17)10-5-4-6-11(15)7-10/h4-7,12,17H,8-9H2,1-3H3,(H,16,18). The summed E-state index contributed by atoms with van der Waals surface area (Å²) in [6.07, 6.45) is -1.12. The van der Waals surface area contributed by atoms with Crippen molar-refractivity contribution < 1.29 is 19.0 Å². The van der Waals surface area contributed by atoms with E-state index in [1.807, 2.05) is 13.8 Å². The highest BCUT2D eigenvalue weighted by atomic mass is 19.1. The van der Waals surface area contributed by atoms with Gasteiger partial charge in [-0.15, -0.1) is 0 Å². The minimum absolute atomic E-state index is 0.108. The first kappa shape index (κ1) is 15.6. The van der Waals surface area contributed by atoms with Gasteiger partial charge in [-0.25, -0.2) is 4.39 Å². The zero-order valence-corrected chi connectivity index (χ0v) is 11.4. The SMILES string of the molecule is COC(C)(C)CNC(=O)CC(O)c1cccc(F)c1. The molecule has 19 heavy (non-hydrogen) atoms. The van der Waals surface area contributed by atoms with Gasteiger partial charge in [0.25, 0.3) is 0 Å². The number of rotatable bonds is 6. The number of halogens is 1. The molecule has 106 valence electrons. The molecule has 0 aromatic heterocycles. The van der Waals surface area contributed by atoms with Gasteiger partial charge in [0, 0.05) is 13.7 Å². The van der Waals surface area contributed by atoms with Crippen molar-refractivity contribution in [3.63, 3.8) is 0 Å². The third-order valence-corrected chi connectivity index (χ3v) is 2.88. The Morgan fingerprint density at radius 1 is 1.53 bits per heavy atom. The van der Waals surface area contributed by atoms with Crippen molar-refractivity contribution in [1.29, 1.82) is 0 Å². The van der Waals surface area contributed by atoms with Crippen LogP contribution in [0.1, 0.15) is 31.9 Å². The summed E-state index contributed by atoms with van der Waals surface area (Å²) in [4.78, 5) is 11.7. The minimum atomic E-state index is -1.01. The second-order valence-corrected chi connectivity index (χ2v) is 5.02. The Bertz CT molecular complexity index is 434. The normalized spacial score (nSPS) is 13.1. The van der Waals surface area contributed by atoms with Crippen molar-refractivity contribution in [2.24, 2.45) is 0 Å². The Balaban J connectivity index is 2.49. The van der Waals surface area contributed by atoms with Gasteiger partial charge in [-0.05, 0) is 31.5 Å². The first-order valence-corrected chi connectivity index (χ1v) is 6.09. The molecule has 0 heterocycles. The van der Waals surface area contributed by atoms with Crippen LogP contribution in [0, 0.1) is 5.82 Å². The summed E-state index contributed by atoms with van der Waals surface area (Å²) >= 11 is 0. The van der Waals surface area contributed by atoms with E-state index < -0.39 is 17.5 Å². The zero-order chi connectivity index (χ0) is 14.5. The third-order valence-electron chi connectivity index (χ3n) is 2.88. The maximum atomic E-state index is 13.0. The molecule has 0 aliphatic rings. The van der Waals surface area contributed by atoms with E-state index in [1.165, 1.54) is 18.2 Å². The first-order valence-electron chi connectivity index (χ1n) is 6.09. The number of methoxy groups -OCH3 is 1. The number of hydrogen-bond donors (Lipinski definition) is 2. The van der Waals surface area contributed by atoms with E-state index in [4.69, 9.17) is 4.74 Å². The molecule has 5 heteroatoms. The number of nitrogens with one attached hydrogen (secondary N) is 1. The van der Waals surface area contributed by atoms with Crippen LogP contribution in [0.15, 0.2) is 24.3 Å². The molecule has 2 N–H and O–H groups in total. The van der Waals surface area contributed by atoms with Gasteiger partial charge in [-0.3, -0.25) is 4.79 Å². The fraction of sp³-hybridized carbons (Fsp3) is 0.500. The maximum absolute atomic E-state index is 13.0. The topological polar surface area (TPSA) is 58.6 Å². The third kappa shape index (κ3) is 5.36. The smallest absolute Gasteiger partial charge is 0.223 e. The van der Waals surface area contributed by atoms with Gasteiger partial charge >= 0.3 is 0 Å². The molecular formula is C14H20FNO3. The Hall–Kier alpha value is -1.46. The molecule has 0 spiro atoms. The molecule has 0 aliphatic carbocycles. The van der Waals surface area contributed by atoms with Crippen molar-refractivity contribution in [1.82, 2.24) is 5.32 Å². The lowest BCUT2D eigenvalue weighted by atomic mass is 10.1. The lowest BCUT2D eigenvalue weighted by molar-refractivity contribution is -0.124. The van der Waals surface area contributed by atoms with Crippen LogP contribution in [0.4, 0.5) is 4.39 Å². The highest BCUT2D eigenvalue weighted by Gasteiger charge is 2.19. The van der Waals surface area contributed by atoms with Crippen LogP contribution in [-0.2, 0) is 9.53 Å². The molecule has 0 bridgehead atoms. The van der Waals surface area contributed by atoms with Crippen LogP contribution < -0.4 is 5.32 Å². The summed E-state index contributed by atoms with van der Waals surface area (Å²) < 4.78 is 18.2. The van der Waals surface area contributed by atoms with E-state index in [0.717, 1.165) is 0 Å². The molecule has 0 radical (unpaired) electrons. The number of amides is 1. The lowest BCUT2D eigenvalue weighted by Crippen LogP contribution is -2.40. The van der Waals surface area contributed by atoms with E-state index in [0.29, 0.717) is 12.1 Å². The monoisotopic (exact) mass is 269 g/mol. The van der Waals surface area contributed by atoms with Gasteiger partial charge in [0.05, 0.1) is 18.1 Å². The summed E-state index contributed by atoms with van der Waals surface area (Å²) in [5.41, 5.74) is -0.0689. The maximum Gasteiger partial charge on any atom is 0.223 e. The summed E-state index contributed by atoms with van der Waals surface area (Å²) in [6, 6.07) is 5.59. The Morgan fingerprint density at radius 2 is 2.21 bits per heavy atom. The van der Waals surface area contributed by atoms with E-state index in [1.54, 1.807) is 13.2 Å². The van der Waals surface area contributed by atoms with Gasteiger partial charge in [0.15, 0.2) is 0 Å². The van der Waals surface area contributed by atoms with E-state index in [9.17, 15) is 14.3 Å². The number of ether oxygens (including phenoxy) is 1. The van der Waals surface area contributed by atoms with Crippen LogP contribution in [-0.4, -0.2) is 30.3 Å². The largest absolute Gasteiger partial charge is 0.388 e. The molecule has 0 saturated heterocycles. The number of hydrogen-bond acceptors (Lipinski definition) is 3. The number of carbonyl (C=O) groups excluding carboxylic acids is 1. The van der Waals surface area contributed by atoms with Gasteiger partial charge in [0.2, 0.25) is 5.91 Å². The van der Waals surface area contributed by atoms with Gasteiger partial charge in [-0.2, -0.15) is 0 Å². The van der Waals surface area contributed by atoms with E-state index in [2.05, 4.69) is 5.32 Å². The average Bonchev–Trinajstić information content (AvgIpc) is 2.36. The Morgan fingerprint density at radius 3 is 2.79 bits per heavy atom. The molecule has 0 fully saturated rings. The van der Waals surface area contributed by atoms with Gasteiger partial charge in [0.1, 0.15) is 5.82 Å². The number of aliphatic hydroxyl groups is 1. The second kappa shape index (κ2) is 6.63. The predicted octanol–water partition coefficient (Wildman–Crippen LogP) is 1.79. The van der Waals surface area contributed by atoms with Crippen LogP contribution in [0.5, 0.6) is 0 Å². The molecule has 0 saturated carbocycles. The van der Waals surface area contributed by atoms with Gasteiger partial charge < -0.3 is 15.2 Å². The van der Waals surface area contributed by atoms with E-state index in [-0.39, 0.29) is 12.3 Å². The summed E-state index contributed by atoms with van der Waals surface area (Å²) in [5.74, 6) is -0.737. The fourth-order valence-electron chi connectivity index (χ4n) is 1.46. The van der Waals surface area contributed by atoms with Crippen molar-refractivity contribution in [3.05, 3.63) is 35.6 Å².